The van der Waals surface area contributed by atoms with Crippen molar-refractivity contribution in [2.45, 2.75) is 6.61 Å². The van der Waals surface area contributed by atoms with Gasteiger partial charge in [-0.05, 0) is 28.6 Å². The van der Waals surface area contributed by atoms with E-state index < -0.39 is 0 Å². The summed E-state index contributed by atoms with van der Waals surface area (Å²) >= 11 is 0. The van der Waals surface area contributed by atoms with Crippen LogP contribution < -0.4 is 14.2 Å². The second-order valence-electron chi connectivity index (χ2n) is 5.96. The standard InChI is InChI=1S/C21H18O5/c1-23-16-9-13-14(10-17(16)24-2)20(25-3)19-15(11-26-21(19)22)18(13)12-7-5-4-6-8-12/h4-10H,11H2,1-3H3. The van der Waals surface area contributed by atoms with Crippen LogP contribution in [0, 0.1) is 0 Å². The van der Waals surface area contributed by atoms with Gasteiger partial charge < -0.3 is 18.9 Å². The van der Waals surface area contributed by atoms with Gasteiger partial charge in [-0.15, -0.1) is 0 Å². The SMILES string of the molecule is COc1cc2c(OC)c3c(c(-c4ccccc4)c2cc1OC)COC3=O. The van der Waals surface area contributed by atoms with Crippen LogP contribution in [0.15, 0.2) is 42.5 Å². The smallest absolute Gasteiger partial charge is 0.342 e. The lowest BCUT2D eigenvalue weighted by Crippen LogP contribution is -2.02. The van der Waals surface area contributed by atoms with Crippen molar-refractivity contribution in [1.29, 1.82) is 0 Å². The second-order valence-corrected chi connectivity index (χ2v) is 5.96. The van der Waals surface area contributed by atoms with Gasteiger partial charge in [0.1, 0.15) is 17.9 Å². The number of cyclic esters (lactones) is 1. The number of methoxy groups -OCH3 is 3. The molecule has 0 unspecified atom stereocenters. The van der Waals surface area contributed by atoms with E-state index in [2.05, 4.69) is 0 Å². The fraction of sp³-hybridized carbons (Fsp3) is 0.190. The lowest BCUT2D eigenvalue weighted by molar-refractivity contribution is 0.0533. The van der Waals surface area contributed by atoms with Crippen LogP contribution in [-0.4, -0.2) is 27.3 Å². The van der Waals surface area contributed by atoms with E-state index >= 15 is 0 Å². The number of hydrogen-bond donors (Lipinski definition) is 0. The van der Waals surface area contributed by atoms with Gasteiger partial charge in [0, 0.05) is 10.9 Å². The van der Waals surface area contributed by atoms with Crippen molar-refractivity contribution in [2.24, 2.45) is 0 Å². The zero-order valence-electron chi connectivity index (χ0n) is 14.8. The summed E-state index contributed by atoms with van der Waals surface area (Å²) in [5.74, 6) is 1.32. The van der Waals surface area contributed by atoms with Crippen LogP contribution in [-0.2, 0) is 11.3 Å². The van der Waals surface area contributed by atoms with Crippen molar-refractivity contribution in [2.75, 3.05) is 21.3 Å². The molecule has 5 nitrogen and oxygen atoms in total. The molecule has 0 fully saturated rings. The van der Waals surface area contributed by atoms with Crippen molar-refractivity contribution >= 4 is 16.7 Å². The summed E-state index contributed by atoms with van der Waals surface area (Å²) < 4.78 is 21.9. The Labute approximate surface area is 151 Å². The Morgan fingerprint density at radius 2 is 1.50 bits per heavy atom. The Morgan fingerprint density at radius 3 is 2.12 bits per heavy atom. The highest BCUT2D eigenvalue weighted by molar-refractivity contribution is 6.12. The Kier molecular flexibility index (Phi) is 3.92. The molecule has 0 saturated heterocycles. The molecular weight excluding hydrogens is 332 g/mol. The molecular formula is C21H18O5. The van der Waals surface area contributed by atoms with Crippen molar-refractivity contribution < 1.29 is 23.7 Å². The number of ether oxygens (including phenoxy) is 4. The zero-order chi connectivity index (χ0) is 18.3. The van der Waals surface area contributed by atoms with Crippen LogP contribution in [0.25, 0.3) is 21.9 Å². The minimum absolute atomic E-state index is 0.221. The summed E-state index contributed by atoms with van der Waals surface area (Å²) in [7, 11) is 4.73. The minimum atomic E-state index is -0.370. The summed E-state index contributed by atoms with van der Waals surface area (Å²) in [6.45, 7) is 0.221. The Hall–Kier alpha value is -3.21. The molecule has 0 amide bonds. The van der Waals surface area contributed by atoms with Gasteiger partial charge in [0.05, 0.1) is 21.3 Å². The van der Waals surface area contributed by atoms with Gasteiger partial charge in [0.15, 0.2) is 11.5 Å². The maximum absolute atomic E-state index is 12.4. The van der Waals surface area contributed by atoms with Crippen molar-refractivity contribution in [3.05, 3.63) is 53.6 Å². The second kappa shape index (κ2) is 6.26. The van der Waals surface area contributed by atoms with Crippen LogP contribution in [0.2, 0.25) is 0 Å². The van der Waals surface area contributed by atoms with Gasteiger partial charge in [0.25, 0.3) is 0 Å². The normalized spacial score (nSPS) is 12.7. The lowest BCUT2D eigenvalue weighted by atomic mass is 9.89. The van der Waals surface area contributed by atoms with E-state index in [0.717, 1.165) is 27.5 Å². The van der Waals surface area contributed by atoms with Gasteiger partial charge in [-0.3, -0.25) is 0 Å². The number of benzene rings is 3. The van der Waals surface area contributed by atoms with Gasteiger partial charge in [-0.1, -0.05) is 30.3 Å². The predicted octanol–water partition coefficient (Wildman–Crippen LogP) is 4.20. The molecule has 5 heteroatoms. The van der Waals surface area contributed by atoms with Crippen LogP contribution in [0.5, 0.6) is 17.2 Å². The summed E-state index contributed by atoms with van der Waals surface area (Å²) in [6.07, 6.45) is 0. The van der Waals surface area contributed by atoms with E-state index in [4.69, 9.17) is 18.9 Å². The molecule has 132 valence electrons. The number of carbonyl (C=O) groups is 1. The summed E-state index contributed by atoms with van der Waals surface area (Å²) in [5, 5.41) is 1.70. The topological polar surface area (TPSA) is 54.0 Å². The van der Waals surface area contributed by atoms with E-state index in [0.29, 0.717) is 22.8 Å². The molecule has 26 heavy (non-hydrogen) atoms. The molecule has 0 aromatic heterocycles. The minimum Gasteiger partial charge on any atom is -0.495 e. The first-order valence-corrected chi connectivity index (χ1v) is 8.20. The quantitative estimate of drug-likeness (QED) is 0.660. The third kappa shape index (κ3) is 2.28. The van der Waals surface area contributed by atoms with Gasteiger partial charge >= 0.3 is 5.97 Å². The molecule has 3 aromatic carbocycles. The first kappa shape index (κ1) is 16.3. The van der Waals surface area contributed by atoms with Crippen molar-refractivity contribution in [1.82, 2.24) is 0 Å². The number of carbonyl (C=O) groups excluding carboxylic acids is 1. The number of hydrogen-bond acceptors (Lipinski definition) is 5. The molecule has 4 rings (SSSR count). The largest absolute Gasteiger partial charge is 0.495 e. The molecule has 0 spiro atoms. The highest BCUT2D eigenvalue weighted by atomic mass is 16.5. The lowest BCUT2D eigenvalue weighted by Gasteiger charge is -2.18. The Bertz CT molecular complexity index is 1010. The molecule has 0 radical (unpaired) electrons. The highest BCUT2D eigenvalue weighted by Gasteiger charge is 2.32. The first-order chi connectivity index (χ1) is 12.7. The molecule has 1 aliphatic rings. The van der Waals surface area contributed by atoms with Gasteiger partial charge in [-0.2, -0.15) is 0 Å². The monoisotopic (exact) mass is 350 g/mol. The maximum atomic E-state index is 12.4. The maximum Gasteiger partial charge on any atom is 0.342 e. The van der Waals surface area contributed by atoms with Crippen LogP contribution >= 0.6 is 0 Å². The van der Waals surface area contributed by atoms with Crippen LogP contribution in [0.3, 0.4) is 0 Å². The summed E-state index contributed by atoms with van der Waals surface area (Å²) in [6, 6.07) is 13.7. The van der Waals surface area contributed by atoms with E-state index in [9.17, 15) is 4.79 Å². The van der Waals surface area contributed by atoms with E-state index in [-0.39, 0.29) is 12.6 Å². The first-order valence-electron chi connectivity index (χ1n) is 8.20. The fourth-order valence-corrected chi connectivity index (χ4v) is 3.55. The number of esters is 1. The molecule has 1 heterocycles. The molecule has 0 atom stereocenters. The van der Waals surface area contributed by atoms with Crippen LogP contribution in [0.1, 0.15) is 15.9 Å². The average Bonchev–Trinajstić information content (AvgIpc) is 3.06. The van der Waals surface area contributed by atoms with E-state index in [1.54, 1.807) is 21.3 Å². The molecule has 0 aliphatic carbocycles. The van der Waals surface area contributed by atoms with Crippen molar-refractivity contribution in [3.8, 4) is 28.4 Å². The highest BCUT2D eigenvalue weighted by Crippen LogP contribution is 2.47. The van der Waals surface area contributed by atoms with E-state index in [1.807, 2.05) is 42.5 Å². The summed E-state index contributed by atoms with van der Waals surface area (Å²) in [4.78, 5) is 12.4. The Morgan fingerprint density at radius 1 is 0.846 bits per heavy atom. The van der Waals surface area contributed by atoms with E-state index in [1.165, 1.54) is 0 Å². The third-order valence-electron chi connectivity index (χ3n) is 4.69. The molecule has 1 aliphatic heterocycles. The van der Waals surface area contributed by atoms with Crippen LogP contribution in [0.4, 0.5) is 0 Å². The zero-order valence-corrected chi connectivity index (χ0v) is 14.8. The van der Waals surface area contributed by atoms with Gasteiger partial charge in [0.2, 0.25) is 0 Å². The predicted molar refractivity (Wildman–Crippen MR) is 98.2 cm³/mol. The third-order valence-corrected chi connectivity index (χ3v) is 4.69. The number of rotatable bonds is 4. The molecule has 0 saturated carbocycles. The average molecular weight is 350 g/mol. The number of fused-ring (bicyclic) bond motifs is 2. The Balaban J connectivity index is 2.20. The summed E-state index contributed by atoms with van der Waals surface area (Å²) in [5.41, 5.74) is 3.26. The van der Waals surface area contributed by atoms with Gasteiger partial charge in [-0.25, -0.2) is 4.79 Å². The van der Waals surface area contributed by atoms with Crippen molar-refractivity contribution in [3.63, 3.8) is 0 Å². The molecule has 3 aromatic rings. The molecule has 0 N–H and O–H groups in total. The molecule has 0 bridgehead atoms. The fourth-order valence-electron chi connectivity index (χ4n) is 3.55.